The highest BCUT2D eigenvalue weighted by Gasteiger charge is 1.97. The Bertz CT molecular complexity index is 232. The summed E-state index contributed by atoms with van der Waals surface area (Å²) in [5.41, 5.74) is 0. The summed E-state index contributed by atoms with van der Waals surface area (Å²) < 4.78 is 0. The molecule has 0 saturated carbocycles. The molecule has 1 unspecified atom stereocenters. The zero-order valence-corrected chi connectivity index (χ0v) is 7.66. The number of carboxylic acids is 1. The largest absolute Gasteiger partial charge is 0.472 e. The Hall–Kier alpha value is -1.27. The Kier molecular flexibility index (Phi) is 6.66. The quantitative estimate of drug-likeness (QED) is 0.507. The van der Waals surface area contributed by atoms with E-state index in [4.69, 9.17) is 5.11 Å². The smallest absolute Gasteiger partial charge is 0.381 e. The third kappa shape index (κ3) is 8.64. The predicted molar refractivity (Wildman–Crippen MR) is 50.1 cm³/mol. The van der Waals surface area contributed by atoms with Crippen LogP contribution >= 0.6 is 0 Å². The lowest BCUT2D eigenvalue weighted by Crippen LogP contribution is -2.03. The summed E-state index contributed by atoms with van der Waals surface area (Å²) >= 11 is 0. The van der Waals surface area contributed by atoms with E-state index in [-0.39, 0.29) is 6.42 Å². The minimum atomic E-state index is -1.16. The van der Waals surface area contributed by atoms with E-state index in [9.17, 15) is 9.90 Å². The van der Waals surface area contributed by atoms with E-state index in [0.29, 0.717) is 6.42 Å². The topological polar surface area (TPSA) is 57.5 Å². The lowest BCUT2D eigenvalue weighted by molar-refractivity contribution is -0.130. The van der Waals surface area contributed by atoms with Gasteiger partial charge in [-0.15, -0.1) is 0 Å². The fourth-order valence-electron chi connectivity index (χ4n) is 0.748. The van der Waals surface area contributed by atoms with E-state index in [1.165, 1.54) is 0 Å². The second kappa shape index (κ2) is 7.38. The number of allylic oxidation sites excluding steroid dienone is 1. The third-order valence-electron chi connectivity index (χ3n) is 1.34. The van der Waals surface area contributed by atoms with Crippen LogP contribution in [0.15, 0.2) is 12.2 Å². The lowest BCUT2D eigenvalue weighted by Gasteiger charge is -2.00. The first-order valence-electron chi connectivity index (χ1n) is 4.21. The monoisotopic (exact) mass is 182 g/mol. The molecule has 0 aliphatic rings. The molecule has 0 aromatic heterocycles. The second-order valence-corrected chi connectivity index (χ2v) is 2.58. The van der Waals surface area contributed by atoms with Gasteiger partial charge in [0.2, 0.25) is 0 Å². The van der Waals surface area contributed by atoms with E-state index in [2.05, 4.69) is 5.92 Å². The van der Waals surface area contributed by atoms with Gasteiger partial charge in [0.15, 0.2) is 0 Å². The van der Waals surface area contributed by atoms with Crippen LogP contribution in [0.2, 0.25) is 0 Å². The molecular formula is C10H14O3. The molecule has 0 heterocycles. The minimum Gasteiger partial charge on any atom is -0.472 e. The van der Waals surface area contributed by atoms with Crippen molar-refractivity contribution < 1.29 is 15.0 Å². The molecule has 3 heteroatoms. The first-order chi connectivity index (χ1) is 6.16. The molecule has 2 N–H and O–H groups in total. The number of carbonyl (C=O) groups is 1. The molecule has 0 fully saturated rings. The van der Waals surface area contributed by atoms with E-state index in [0.717, 1.165) is 6.42 Å². The summed E-state index contributed by atoms with van der Waals surface area (Å²) in [5.74, 6) is 3.17. The van der Waals surface area contributed by atoms with E-state index < -0.39 is 12.1 Å². The van der Waals surface area contributed by atoms with Crippen molar-refractivity contribution in [3.63, 3.8) is 0 Å². The molecular weight excluding hydrogens is 168 g/mol. The lowest BCUT2D eigenvalue weighted by atomic mass is 10.2. The van der Waals surface area contributed by atoms with Crippen molar-refractivity contribution in [1.29, 1.82) is 0 Å². The first kappa shape index (κ1) is 11.7. The van der Waals surface area contributed by atoms with Gasteiger partial charge in [-0.05, 0) is 12.8 Å². The van der Waals surface area contributed by atoms with Gasteiger partial charge >= 0.3 is 5.97 Å². The van der Waals surface area contributed by atoms with Gasteiger partial charge in [-0.3, -0.25) is 0 Å². The van der Waals surface area contributed by atoms with Gasteiger partial charge in [0, 0.05) is 12.3 Å². The molecule has 0 aliphatic carbocycles. The van der Waals surface area contributed by atoms with E-state index in [1.807, 2.05) is 25.0 Å². The Balaban J connectivity index is 3.64. The number of carboxylic acid groups (broad SMARTS) is 1. The Morgan fingerprint density at radius 3 is 2.77 bits per heavy atom. The Labute approximate surface area is 78.1 Å². The van der Waals surface area contributed by atoms with Crippen LogP contribution in [-0.2, 0) is 4.79 Å². The number of aliphatic hydroxyl groups excluding tert-OH is 1. The summed E-state index contributed by atoms with van der Waals surface area (Å²) in [4.78, 5) is 9.97. The minimum absolute atomic E-state index is 0.209. The fourth-order valence-corrected chi connectivity index (χ4v) is 0.748. The molecule has 0 saturated heterocycles. The average Bonchev–Trinajstić information content (AvgIpc) is 2.04. The number of aliphatic hydroxyl groups is 1. The summed E-state index contributed by atoms with van der Waals surface area (Å²) in [5, 5.41) is 17.4. The standard InChI is InChI=1S/C10H14O3/c1-2-3-4-6-9(11)7-5-8-10(12)13/h3-4,9,11H,2,6-7H2,1H3,(H,12,13)/b4-3-. The molecule has 0 bridgehead atoms. The van der Waals surface area contributed by atoms with Gasteiger partial charge in [-0.2, -0.15) is 0 Å². The van der Waals surface area contributed by atoms with Crippen LogP contribution in [0.1, 0.15) is 26.2 Å². The molecule has 0 aliphatic heterocycles. The summed E-state index contributed by atoms with van der Waals surface area (Å²) in [6.45, 7) is 2.01. The molecule has 1 atom stereocenters. The maximum absolute atomic E-state index is 9.97. The van der Waals surface area contributed by atoms with Crippen LogP contribution in [0.25, 0.3) is 0 Å². The van der Waals surface area contributed by atoms with Crippen LogP contribution in [0, 0.1) is 11.8 Å². The zero-order valence-electron chi connectivity index (χ0n) is 7.66. The van der Waals surface area contributed by atoms with Gasteiger partial charge in [-0.25, -0.2) is 4.79 Å². The zero-order chi connectivity index (χ0) is 10.1. The highest BCUT2D eigenvalue weighted by Crippen LogP contribution is 1.98. The van der Waals surface area contributed by atoms with Gasteiger partial charge in [0.05, 0.1) is 6.10 Å². The predicted octanol–water partition coefficient (Wildman–Crippen LogP) is 1.18. The molecule has 13 heavy (non-hydrogen) atoms. The second-order valence-electron chi connectivity index (χ2n) is 2.58. The van der Waals surface area contributed by atoms with E-state index >= 15 is 0 Å². The highest BCUT2D eigenvalue weighted by atomic mass is 16.4. The number of hydrogen-bond acceptors (Lipinski definition) is 2. The number of rotatable bonds is 4. The maximum Gasteiger partial charge on any atom is 0.381 e. The van der Waals surface area contributed by atoms with Crippen molar-refractivity contribution in [3.8, 4) is 11.8 Å². The van der Waals surface area contributed by atoms with Gasteiger partial charge in [0.1, 0.15) is 0 Å². The molecule has 0 amide bonds. The van der Waals surface area contributed by atoms with E-state index in [1.54, 1.807) is 0 Å². The van der Waals surface area contributed by atoms with Crippen molar-refractivity contribution in [3.05, 3.63) is 12.2 Å². The Morgan fingerprint density at radius 1 is 1.54 bits per heavy atom. The van der Waals surface area contributed by atoms with Crippen molar-refractivity contribution >= 4 is 5.97 Å². The van der Waals surface area contributed by atoms with Gasteiger partial charge in [-0.1, -0.05) is 25.0 Å². The van der Waals surface area contributed by atoms with Crippen molar-refractivity contribution in [1.82, 2.24) is 0 Å². The first-order valence-corrected chi connectivity index (χ1v) is 4.21. The molecule has 0 rings (SSSR count). The van der Waals surface area contributed by atoms with Crippen LogP contribution in [0.3, 0.4) is 0 Å². The van der Waals surface area contributed by atoms with Gasteiger partial charge in [0.25, 0.3) is 0 Å². The third-order valence-corrected chi connectivity index (χ3v) is 1.34. The number of aliphatic carboxylic acids is 1. The molecule has 72 valence electrons. The summed E-state index contributed by atoms with van der Waals surface area (Å²) in [6, 6.07) is 0. The summed E-state index contributed by atoms with van der Waals surface area (Å²) in [7, 11) is 0. The molecule has 0 radical (unpaired) electrons. The van der Waals surface area contributed by atoms with Crippen LogP contribution < -0.4 is 0 Å². The van der Waals surface area contributed by atoms with Crippen LogP contribution in [0.4, 0.5) is 0 Å². The summed E-state index contributed by atoms with van der Waals surface area (Å²) in [6.07, 6.45) is 4.94. The highest BCUT2D eigenvalue weighted by molar-refractivity contribution is 5.86. The Morgan fingerprint density at radius 2 is 2.23 bits per heavy atom. The van der Waals surface area contributed by atoms with Crippen LogP contribution in [-0.4, -0.2) is 22.3 Å². The molecule has 0 spiro atoms. The maximum atomic E-state index is 9.97. The van der Waals surface area contributed by atoms with Crippen molar-refractivity contribution in [2.75, 3.05) is 0 Å². The van der Waals surface area contributed by atoms with Crippen molar-refractivity contribution in [2.45, 2.75) is 32.3 Å². The van der Waals surface area contributed by atoms with Gasteiger partial charge < -0.3 is 10.2 Å². The SMILES string of the molecule is CC/C=C\CC(O)CC#CC(=O)O. The fraction of sp³-hybridized carbons (Fsp3) is 0.500. The van der Waals surface area contributed by atoms with Crippen molar-refractivity contribution in [2.24, 2.45) is 0 Å². The average molecular weight is 182 g/mol. The normalized spacial score (nSPS) is 12.2. The number of hydrogen-bond donors (Lipinski definition) is 2. The molecule has 3 nitrogen and oxygen atoms in total. The van der Waals surface area contributed by atoms with Crippen LogP contribution in [0.5, 0.6) is 0 Å². The molecule has 0 aromatic rings. The molecule has 0 aromatic carbocycles.